The highest BCUT2D eigenvalue weighted by molar-refractivity contribution is 5.60. The molecule has 0 spiro atoms. The highest BCUT2D eigenvalue weighted by Crippen LogP contribution is 2.21. The standard InChI is InChI=1S/C8H13O3/c1-2-10-8(9)11-7-5-3-4-6-7/h7H,1-6H2. The van der Waals surface area contributed by atoms with Crippen molar-refractivity contribution in [3.05, 3.63) is 6.92 Å². The van der Waals surface area contributed by atoms with Crippen LogP contribution in [-0.4, -0.2) is 18.9 Å². The third-order valence-corrected chi connectivity index (χ3v) is 1.79. The van der Waals surface area contributed by atoms with E-state index >= 15 is 0 Å². The van der Waals surface area contributed by atoms with Crippen molar-refractivity contribution < 1.29 is 14.3 Å². The fourth-order valence-corrected chi connectivity index (χ4v) is 1.26. The molecule has 0 atom stereocenters. The maximum atomic E-state index is 10.7. The van der Waals surface area contributed by atoms with Crippen LogP contribution in [0.3, 0.4) is 0 Å². The summed E-state index contributed by atoms with van der Waals surface area (Å²) < 4.78 is 9.48. The molecular formula is C8H13O3. The molecule has 0 aliphatic heterocycles. The Morgan fingerprint density at radius 2 is 2.09 bits per heavy atom. The number of hydrogen-bond acceptors (Lipinski definition) is 3. The van der Waals surface area contributed by atoms with E-state index in [2.05, 4.69) is 11.7 Å². The van der Waals surface area contributed by atoms with Crippen LogP contribution in [-0.2, 0) is 9.47 Å². The SMILES string of the molecule is [CH2]COC(=O)OC1CCCC1. The molecule has 1 saturated carbocycles. The lowest BCUT2D eigenvalue weighted by Crippen LogP contribution is -2.15. The van der Waals surface area contributed by atoms with Crippen molar-refractivity contribution in [1.82, 2.24) is 0 Å². The number of carbonyl (C=O) groups is 1. The maximum absolute atomic E-state index is 10.7. The lowest BCUT2D eigenvalue weighted by Gasteiger charge is -2.09. The van der Waals surface area contributed by atoms with Gasteiger partial charge in [-0.25, -0.2) is 4.79 Å². The molecule has 0 aromatic heterocycles. The molecule has 0 bridgehead atoms. The predicted octanol–water partition coefficient (Wildman–Crippen LogP) is 1.92. The summed E-state index contributed by atoms with van der Waals surface area (Å²) in [6.07, 6.45) is 3.78. The van der Waals surface area contributed by atoms with Crippen LogP contribution >= 0.6 is 0 Å². The molecule has 1 radical (unpaired) electrons. The van der Waals surface area contributed by atoms with E-state index in [0.29, 0.717) is 0 Å². The average molecular weight is 157 g/mol. The van der Waals surface area contributed by atoms with Crippen molar-refractivity contribution in [2.75, 3.05) is 6.61 Å². The lowest BCUT2D eigenvalue weighted by atomic mass is 10.3. The average Bonchev–Trinajstić information content (AvgIpc) is 2.40. The molecule has 63 valence electrons. The topological polar surface area (TPSA) is 35.5 Å². The summed E-state index contributed by atoms with van der Waals surface area (Å²) in [5, 5.41) is 0. The van der Waals surface area contributed by atoms with Crippen LogP contribution in [0.5, 0.6) is 0 Å². The molecule has 1 aliphatic rings. The van der Waals surface area contributed by atoms with Gasteiger partial charge in [0.05, 0.1) is 6.61 Å². The minimum atomic E-state index is -0.577. The van der Waals surface area contributed by atoms with E-state index in [1.165, 1.54) is 0 Å². The number of ether oxygens (including phenoxy) is 2. The molecule has 3 nitrogen and oxygen atoms in total. The molecule has 3 heteroatoms. The Hall–Kier alpha value is -0.730. The van der Waals surface area contributed by atoms with Gasteiger partial charge in [0, 0.05) is 0 Å². The van der Waals surface area contributed by atoms with Crippen LogP contribution in [0.4, 0.5) is 4.79 Å². The van der Waals surface area contributed by atoms with Gasteiger partial charge in [0.15, 0.2) is 0 Å². The van der Waals surface area contributed by atoms with Gasteiger partial charge in [-0.2, -0.15) is 0 Å². The van der Waals surface area contributed by atoms with Gasteiger partial charge in [-0.05, 0) is 32.6 Å². The molecule has 0 saturated heterocycles. The first-order chi connectivity index (χ1) is 5.33. The first-order valence-electron chi connectivity index (χ1n) is 3.95. The van der Waals surface area contributed by atoms with Gasteiger partial charge in [0.1, 0.15) is 6.10 Å². The normalized spacial score (nSPS) is 18.3. The molecule has 0 amide bonds. The Morgan fingerprint density at radius 3 is 2.64 bits per heavy atom. The monoisotopic (exact) mass is 157 g/mol. The third kappa shape index (κ3) is 2.78. The van der Waals surface area contributed by atoms with Crippen molar-refractivity contribution in [3.63, 3.8) is 0 Å². The van der Waals surface area contributed by atoms with Crippen molar-refractivity contribution in [3.8, 4) is 0 Å². The Labute approximate surface area is 66.7 Å². The van der Waals surface area contributed by atoms with E-state index in [1.54, 1.807) is 0 Å². The zero-order valence-electron chi connectivity index (χ0n) is 6.54. The zero-order valence-corrected chi connectivity index (χ0v) is 6.54. The molecule has 1 aliphatic carbocycles. The number of carbonyl (C=O) groups excluding carboxylic acids is 1. The van der Waals surface area contributed by atoms with Gasteiger partial charge >= 0.3 is 6.16 Å². The molecular weight excluding hydrogens is 144 g/mol. The van der Waals surface area contributed by atoms with Gasteiger partial charge in [0.2, 0.25) is 0 Å². The lowest BCUT2D eigenvalue weighted by molar-refractivity contribution is 0.0317. The first kappa shape index (κ1) is 8.37. The molecule has 0 heterocycles. The Bertz CT molecular complexity index is 127. The fraction of sp³-hybridized carbons (Fsp3) is 0.750. The second-order valence-corrected chi connectivity index (χ2v) is 2.62. The third-order valence-electron chi connectivity index (χ3n) is 1.79. The summed E-state index contributed by atoms with van der Waals surface area (Å²) in [5.74, 6) is 0. The maximum Gasteiger partial charge on any atom is 0.508 e. The highest BCUT2D eigenvalue weighted by Gasteiger charge is 2.19. The van der Waals surface area contributed by atoms with Crippen LogP contribution in [0.15, 0.2) is 0 Å². The molecule has 0 aromatic carbocycles. The highest BCUT2D eigenvalue weighted by atomic mass is 16.7. The second-order valence-electron chi connectivity index (χ2n) is 2.62. The van der Waals surface area contributed by atoms with Crippen LogP contribution < -0.4 is 0 Å². The molecule has 0 unspecified atom stereocenters. The summed E-state index contributed by atoms with van der Waals surface area (Å²) in [4.78, 5) is 10.7. The predicted molar refractivity (Wildman–Crippen MR) is 40.0 cm³/mol. The van der Waals surface area contributed by atoms with Crippen LogP contribution in [0.25, 0.3) is 0 Å². The van der Waals surface area contributed by atoms with Gasteiger partial charge in [0.25, 0.3) is 0 Å². The first-order valence-corrected chi connectivity index (χ1v) is 3.95. The Morgan fingerprint density at radius 1 is 1.45 bits per heavy atom. The summed E-state index contributed by atoms with van der Waals surface area (Å²) in [7, 11) is 0. The fourth-order valence-electron chi connectivity index (χ4n) is 1.26. The van der Waals surface area contributed by atoms with E-state index in [-0.39, 0.29) is 12.7 Å². The summed E-state index contributed by atoms with van der Waals surface area (Å²) >= 11 is 0. The van der Waals surface area contributed by atoms with E-state index in [0.717, 1.165) is 25.7 Å². The summed E-state index contributed by atoms with van der Waals surface area (Å²) in [5.41, 5.74) is 0. The quantitative estimate of drug-likeness (QED) is 0.574. The van der Waals surface area contributed by atoms with Crippen LogP contribution in [0.1, 0.15) is 25.7 Å². The molecule has 1 fully saturated rings. The largest absolute Gasteiger partial charge is 0.508 e. The molecule has 1 rings (SSSR count). The van der Waals surface area contributed by atoms with E-state index in [4.69, 9.17) is 4.74 Å². The van der Waals surface area contributed by atoms with Crippen molar-refractivity contribution in [2.45, 2.75) is 31.8 Å². The summed E-state index contributed by atoms with van der Waals surface area (Å²) in [6.45, 7) is 3.52. The smallest absolute Gasteiger partial charge is 0.434 e. The molecule has 11 heavy (non-hydrogen) atoms. The minimum absolute atomic E-state index is 0.0917. The number of rotatable bonds is 2. The number of hydrogen-bond donors (Lipinski definition) is 0. The van der Waals surface area contributed by atoms with E-state index in [1.807, 2.05) is 0 Å². The Balaban J connectivity index is 2.13. The van der Waals surface area contributed by atoms with Crippen molar-refractivity contribution >= 4 is 6.16 Å². The van der Waals surface area contributed by atoms with Gasteiger partial charge < -0.3 is 9.47 Å². The van der Waals surface area contributed by atoms with Crippen molar-refractivity contribution in [2.24, 2.45) is 0 Å². The molecule has 0 N–H and O–H groups in total. The van der Waals surface area contributed by atoms with Gasteiger partial charge in [-0.1, -0.05) is 0 Å². The van der Waals surface area contributed by atoms with Gasteiger partial charge in [-0.3, -0.25) is 0 Å². The van der Waals surface area contributed by atoms with Gasteiger partial charge in [-0.15, -0.1) is 0 Å². The minimum Gasteiger partial charge on any atom is -0.434 e. The second kappa shape index (κ2) is 4.21. The van der Waals surface area contributed by atoms with Crippen LogP contribution in [0, 0.1) is 6.92 Å². The van der Waals surface area contributed by atoms with E-state index < -0.39 is 6.16 Å². The van der Waals surface area contributed by atoms with Crippen LogP contribution in [0.2, 0.25) is 0 Å². The molecule has 0 aromatic rings. The summed E-state index contributed by atoms with van der Waals surface area (Å²) in [6, 6.07) is 0. The zero-order chi connectivity index (χ0) is 8.10. The van der Waals surface area contributed by atoms with E-state index in [9.17, 15) is 4.79 Å². The van der Waals surface area contributed by atoms with Crippen molar-refractivity contribution in [1.29, 1.82) is 0 Å². The Kier molecular flexibility index (Phi) is 3.20.